The third-order valence-electron chi connectivity index (χ3n) is 2.15. The molecule has 1 rings (SSSR count). The van der Waals surface area contributed by atoms with Crippen molar-refractivity contribution in [2.75, 3.05) is 26.4 Å². The van der Waals surface area contributed by atoms with Crippen molar-refractivity contribution in [2.45, 2.75) is 6.92 Å². The van der Waals surface area contributed by atoms with Crippen molar-refractivity contribution in [3.63, 3.8) is 0 Å². The highest BCUT2D eigenvalue weighted by Crippen LogP contribution is 2.27. The minimum atomic E-state index is -0.728. The first-order valence-corrected chi connectivity index (χ1v) is 6.92. The van der Waals surface area contributed by atoms with Gasteiger partial charge in [0, 0.05) is 5.02 Å². The average molecular weight is 336 g/mol. The van der Waals surface area contributed by atoms with Gasteiger partial charge in [0.05, 0.1) is 11.6 Å². The summed E-state index contributed by atoms with van der Waals surface area (Å²) in [6.45, 7) is 1.82. The normalized spacial score (nSPS) is 9.86. The molecule has 116 valence electrons. The molecule has 0 heterocycles. The minimum absolute atomic E-state index is 0.00755. The molecule has 1 aromatic carbocycles. The Morgan fingerprint density at radius 3 is 2.62 bits per heavy atom. The fourth-order valence-electron chi connectivity index (χ4n) is 1.29. The molecule has 1 amide bonds. The molecule has 0 spiro atoms. The second kappa shape index (κ2) is 9.31. The summed E-state index contributed by atoms with van der Waals surface area (Å²) in [6.07, 6.45) is -0.728. The van der Waals surface area contributed by atoms with Crippen LogP contribution in [-0.4, -0.2) is 38.4 Å². The predicted molar refractivity (Wildman–Crippen MR) is 77.9 cm³/mol. The zero-order valence-electron chi connectivity index (χ0n) is 11.4. The van der Waals surface area contributed by atoms with Crippen LogP contribution in [0.4, 0.5) is 4.79 Å². The van der Waals surface area contributed by atoms with Crippen LogP contribution in [0.15, 0.2) is 18.2 Å². The fraction of sp³-hybridized carbons (Fsp3) is 0.385. The second-order valence-corrected chi connectivity index (χ2v) is 4.56. The quantitative estimate of drug-likeness (QED) is 0.612. The molecule has 0 radical (unpaired) electrons. The van der Waals surface area contributed by atoms with Gasteiger partial charge >= 0.3 is 12.1 Å². The van der Waals surface area contributed by atoms with Crippen LogP contribution in [0.25, 0.3) is 0 Å². The lowest BCUT2D eigenvalue weighted by atomic mass is 10.3. The van der Waals surface area contributed by atoms with Gasteiger partial charge in [0.15, 0.2) is 0 Å². The van der Waals surface area contributed by atoms with E-state index in [1.165, 1.54) is 0 Å². The van der Waals surface area contributed by atoms with E-state index in [1.54, 1.807) is 25.1 Å². The van der Waals surface area contributed by atoms with Gasteiger partial charge in [0.25, 0.3) is 0 Å². The van der Waals surface area contributed by atoms with Crippen LogP contribution in [0.5, 0.6) is 5.75 Å². The lowest BCUT2D eigenvalue weighted by Gasteiger charge is -2.09. The summed E-state index contributed by atoms with van der Waals surface area (Å²) in [5.41, 5.74) is 0. The van der Waals surface area contributed by atoms with Gasteiger partial charge in [-0.15, -0.1) is 0 Å². The lowest BCUT2D eigenvalue weighted by molar-refractivity contribution is -0.141. The summed E-state index contributed by atoms with van der Waals surface area (Å²) in [4.78, 5) is 22.2. The van der Waals surface area contributed by atoms with E-state index in [9.17, 15) is 9.59 Å². The van der Waals surface area contributed by atoms with E-state index < -0.39 is 12.1 Å². The van der Waals surface area contributed by atoms with Crippen LogP contribution >= 0.6 is 23.2 Å². The summed E-state index contributed by atoms with van der Waals surface area (Å²) >= 11 is 11.7. The largest absolute Gasteiger partial charge is 0.488 e. The van der Waals surface area contributed by atoms with Crippen LogP contribution in [0, 0.1) is 0 Å². The fourth-order valence-corrected chi connectivity index (χ4v) is 1.75. The van der Waals surface area contributed by atoms with Crippen molar-refractivity contribution in [2.24, 2.45) is 0 Å². The average Bonchev–Trinajstić information content (AvgIpc) is 2.43. The Morgan fingerprint density at radius 1 is 1.19 bits per heavy atom. The number of carbonyl (C=O) groups excluding carboxylic acids is 2. The summed E-state index contributed by atoms with van der Waals surface area (Å²) in [7, 11) is 0. The summed E-state index contributed by atoms with van der Waals surface area (Å²) < 4.78 is 14.8. The van der Waals surface area contributed by atoms with E-state index >= 15 is 0 Å². The third kappa shape index (κ3) is 7.06. The smallest absolute Gasteiger partial charge is 0.407 e. The first-order valence-electron chi connectivity index (χ1n) is 6.17. The van der Waals surface area contributed by atoms with E-state index in [4.69, 9.17) is 32.7 Å². The molecule has 0 aliphatic rings. The molecule has 21 heavy (non-hydrogen) atoms. The third-order valence-corrected chi connectivity index (χ3v) is 2.68. The topological polar surface area (TPSA) is 73.9 Å². The van der Waals surface area contributed by atoms with E-state index in [2.05, 4.69) is 10.1 Å². The molecule has 0 aliphatic heterocycles. The number of amides is 1. The summed E-state index contributed by atoms with van der Waals surface area (Å²) in [6, 6.07) is 4.80. The molecule has 0 saturated heterocycles. The summed E-state index contributed by atoms with van der Waals surface area (Å²) in [5.74, 6) is -0.0877. The van der Waals surface area contributed by atoms with E-state index in [0.717, 1.165) is 0 Å². The predicted octanol–water partition coefficient (Wildman–Crippen LogP) is 2.66. The van der Waals surface area contributed by atoms with Gasteiger partial charge in [-0.1, -0.05) is 23.2 Å². The maximum absolute atomic E-state index is 11.2. The molecule has 0 atom stereocenters. The number of ether oxygens (including phenoxy) is 3. The number of carbonyl (C=O) groups is 2. The van der Waals surface area contributed by atoms with Crippen molar-refractivity contribution >= 4 is 35.3 Å². The first kappa shape index (κ1) is 17.4. The number of benzene rings is 1. The lowest BCUT2D eigenvalue weighted by Crippen LogP contribution is -2.32. The van der Waals surface area contributed by atoms with Gasteiger partial charge in [0.1, 0.15) is 25.5 Å². The molecule has 0 aromatic heterocycles. The Balaban J connectivity index is 2.18. The number of hydrogen-bond acceptors (Lipinski definition) is 5. The van der Waals surface area contributed by atoms with Crippen LogP contribution in [0.1, 0.15) is 6.92 Å². The van der Waals surface area contributed by atoms with Gasteiger partial charge in [-0.05, 0) is 25.1 Å². The Bertz CT molecular complexity index is 495. The molecule has 0 unspecified atom stereocenters. The van der Waals surface area contributed by atoms with Gasteiger partial charge in [-0.25, -0.2) is 4.79 Å². The van der Waals surface area contributed by atoms with Crippen molar-refractivity contribution in [1.29, 1.82) is 0 Å². The Labute approximate surface area is 132 Å². The highest BCUT2D eigenvalue weighted by molar-refractivity contribution is 6.35. The van der Waals surface area contributed by atoms with Gasteiger partial charge < -0.3 is 19.5 Å². The molecular formula is C13H15Cl2NO5. The van der Waals surface area contributed by atoms with Crippen molar-refractivity contribution in [3.8, 4) is 5.75 Å². The molecule has 8 heteroatoms. The molecule has 0 aliphatic carbocycles. The van der Waals surface area contributed by atoms with E-state index in [0.29, 0.717) is 15.8 Å². The Morgan fingerprint density at radius 2 is 1.95 bits per heavy atom. The molecule has 1 aromatic rings. The SMILES string of the molecule is CCOC(=O)CNC(=O)OCCOc1ccc(Cl)cc1Cl. The Hall–Kier alpha value is -1.66. The van der Waals surface area contributed by atoms with E-state index in [1.807, 2.05) is 0 Å². The highest BCUT2D eigenvalue weighted by Gasteiger charge is 2.07. The number of halogens is 2. The zero-order chi connectivity index (χ0) is 15.7. The number of hydrogen-bond donors (Lipinski definition) is 1. The number of nitrogens with one attached hydrogen (secondary N) is 1. The highest BCUT2D eigenvalue weighted by atomic mass is 35.5. The minimum Gasteiger partial charge on any atom is -0.488 e. The number of alkyl carbamates (subject to hydrolysis) is 1. The van der Waals surface area contributed by atoms with Crippen molar-refractivity contribution in [3.05, 3.63) is 28.2 Å². The maximum Gasteiger partial charge on any atom is 0.407 e. The van der Waals surface area contributed by atoms with E-state index in [-0.39, 0.29) is 26.4 Å². The van der Waals surface area contributed by atoms with Crippen molar-refractivity contribution in [1.82, 2.24) is 5.32 Å². The molecule has 0 fully saturated rings. The standard InChI is InChI=1S/C13H15Cl2NO5/c1-2-19-12(17)8-16-13(18)21-6-5-20-11-4-3-9(14)7-10(11)15/h3-4,7H,2,5-6,8H2,1H3,(H,16,18). The molecule has 0 bridgehead atoms. The molecule has 0 saturated carbocycles. The van der Waals surface area contributed by atoms with Crippen LogP contribution < -0.4 is 10.1 Å². The zero-order valence-corrected chi connectivity index (χ0v) is 12.9. The van der Waals surface area contributed by atoms with Crippen LogP contribution in [0.3, 0.4) is 0 Å². The van der Waals surface area contributed by atoms with Crippen LogP contribution in [0.2, 0.25) is 10.0 Å². The van der Waals surface area contributed by atoms with Crippen molar-refractivity contribution < 1.29 is 23.8 Å². The van der Waals surface area contributed by atoms with Crippen LogP contribution in [-0.2, 0) is 14.3 Å². The maximum atomic E-state index is 11.2. The number of esters is 1. The number of rotatable bonds is 7. The second-order valence-electron chi connectivity index (χ2n) is 3.72. The van der Waals surface area contributed by atoms with Gasteiger partial charge in [0.2, 0.25) is 0 Å². The molecule has 6 nitrogen and oxygen atoms in total. The molecule has 1 N–H and O–H groups in total. The van der Waals surface area contributed by atoms with Gasteiger partial charge in [-0.2, -0.15) is 0 Å². The summed E-state index contributed by atoms with van der Waals surface area (Å²) in [5, 5.41) is 3.12. The monoisotopic (exact) mass is 335 g/mol. The van der Waals surface area contributed by atoms with Gasteiger partial charge in [-0.3, -0.25) is 4.79 Å². The first-order chi connectivity index (χ1) is 10.0. The molecular weight excluding hydrogens is 321 g/mol. The Kier molecular flexibility index (Phi) is 7.71.